The van der Waals surface area contributed by atoms with E-state index in [0.717, 1.165) is 37.3 Å². The zero-order chi connectivity index (χ0) is 19.9. The van der Waals surface area contributed by atoms with Gasteiger partial charge in [-0.25, -0.2) is 4.39 Å². The van der Waals surface area contributed by atoms with Crippen molar-refractivity contribution in [2.24, 2.45) is 0 Å². The molecule has 3 rings (SSSR count). The number of carbonyl (C=O) groups is 1. The number of ether oxygens (including phenoxy) is 1. The Morgan fingerprint density at radius 1 is 1.04 bits per heavy atom. The normalized spacial score (nSPS) is 15.4. The third-order valence-corrected chi connectivity index (χ3v) is 5.06. The predicted molar refractivity (Wildman–Crippen MR) is 108 cm³/mol. The van der Waals surface area contributed by atoms with Crippen molar-refractivity contribution in [3.05, 3.63) is 65.0 Å². The summed E-state index contributed by atoms with van der Waals surface area (Å²) < 4.78 is 18.8. The Bertz CT molecular complexity index is 787. The van der Waals surface area contributed by atoms with Gasteiger partial charge in [0.1, 0.15) is 0 Å². The molecule has 0 radical (unpaired) electrons. The number of rotatable bonds is 7. The van der Waals surface area contributed by atoms with Crippen molar-refractivity contribution < 1.29 is 13.9 Å². The summed E-state index contributed by atoms with van der Waals surface area (Å²) in [5.74, 6) is -0.0136. The molecule has 150 valence electrons. The van der Waals surface area contributed by atoms with Gasteiger partial charge in [-0.05, 0) is 30.2 Å². The second-order valence-corrected chi connectivity index (χ2v) is 7.28. The number of hydrogen-bond donors (Lipinski definition) is 1. The molecular weight excluding hydrogens is 357 g/mol. The Kier molecular flexibility index (Phi) is 7.01. The molecule has 1 fully saturated rings. The first kappa shape index (κ1) is 20.3. The maximum Gasteiger partial charge on any atom is 0.234 e. The van der Waals surface area contributed by atoms with Crippen LogP contribution in [0.15, 0.2) is 42.5 Å². The summed E-state index contributed by atoms with van der Waals surface area (Å²) in [6, 6.07) is 13.3. The highest BCUT2D eigenvalue weighted by atomic mass is 19.1. The molecule has 2 aromatic rings. The van der Waals surface area contributed by atoms with Crippen molar-refractivity contribution in [3.63, 3.8) is 0 Å². The maximum atomic E-state index is 13.8. The molecule has 0 saturated carbocycles. The first-order valence-corrected chi connectivity index (χ1v) is 9.63. The van der Waals surface area contributed by atoms with Crippen LogP contribution in [0.2, 0.25) is 0 Å². The minimum Gasteiger partial charge on any atom is -0.494 e. The summed E-state index contributed by atoms with van der Waals surface area (Å²) >= 11 is 0. The van der Waals surface area contributed by atoms with E-state index in [9.17, 15) is 9.18 Å². The molecule has 0 aliphatic carbocycles. The number of halogens is 1. The molecule has 2 aromatic carbocycles. The molecule has 1 aliphatic rings. The molecule has 1 heterocycles. The van der Waals surface area contributed by atoms with Crippen LogP contribution in [0.1, 0.15) is 16.7 Å². The van der Waals surface area contributed by atoms with Crippen LogP contribution in [0.25, 0.3) is 0 Å². The van der Waals surface area contributed by atoms with Crippen LogP contribution in [0.5, 0.6) is 5.75 Å². The third-order valence-electron chi connectivity index (χ3n) is 5.06. The monoisotopic (exact) mass is 385 g/mol. The topological polar surface area (TPSA) is 44.8 Å². The maximum absolute atomic E-state index is 13.8. The van der Waals surface area contributed by atoms with Gasteiger partial charge < -0.3 is 10.1 Å². The lowest BCUT2D eigenvalue weighted by atomic mass is 10.1. The average Bonchev–Trinajstić information content (AvgIpc) is 2.69. The molecule has 1 N–H and O–H groups in total. The molecular formula is C22H28FN3O2. The molecule has 0 bridgehead atoms. The summed E-state index contributed by atoms with van der Waals surface area (Å²) in [4.78, 5) is 16.6. The van der Waals surface area contributed by atoms with Gasteiger partial charge in [0.2, 0.25) is 5.91 Å². The van der Waals surface area contributed by atoms with Crippen molar-refractivity contribution in [2.45, 2.75) is 20.0 Å². The van der Waals surface area contributed by atoms with Gasteiger partial charge in [0, 0.05) is 39.3 Å². The second-order valence-electron chi connectivity index (χ2n) is 7.28. The van der Waals surface area contributed by atoms with Crippen LogP contribution in [-0.2, 0) is 17.9 Å². The molecule has 28 heavy (non-hydrogen) atoms. The fraction of sp³-hybridized carbons (Fsp3) is 0.409. The van der Waals surface area contributed by atoms with Crippen LogP contribution in [0, 0.1) is 12.7 Å². The Balaban J connectivity index is 1.39. The first-order chi connectivity index (χ1) is 13.5. The second kappa shape index (κ2) is 9.66. The smallest absolute Gasteiger partial charge is 0.234 e. The van der Waals surface area contributed by atoms with Crippen LogP contribution in [0.4, 0.5) is 4.39 Å². The number of aryl methyl sites for hydroxylation is 1. The Hall–Kier alpha value is -2.44. The predicted octanol–water partition coefficient (Wildman–Crippen LogP) is 2.58. The van der Waals surface area contributed by atoms with Crippen LogP contribution < -0.4 is 10.1 Å². The van der Waals surface area contributed by atoms with Crippen molar-refractivity contribution in [1.29, 1.82) is 0 Å². The summed E-state index contributed by atoms with van der Waals surface area (Å²) in [7, 11) is 1.47. The number of hydrogen-bond acceptors (Lipinski definition) is 4. The van der Waals surface area contributed by atoms with E-state index < -0.39 is 0 Å². The van der Waals surface area contributed by atoms with Gasteiger partial charge in [-0.1, -0.05) is 35.9 Å². The number of nitrogens with one attached hydrogen (secondary N) is 1. The van der Waals surface area contributed by atoms with E-state index in [1.165, 1.54) is 18.7 Å². The average molecular weight is 385 g/mol. The van der Waals surface area contributed by atoms with Gasteiger partial charge in [-0.2, -0.15) is 0 Å². The van der Waals surface area contributed by atoms with Gasteiger partial charge in [0.25, 0.3) is 0 Å². The summed E-state index contributed by atoms with van der Waals surface area (Å²) in [6.07, 6.45) is 0. The SMILES string of the molecule is COc1ccc(CN2CCN(CC(=O)NCc3ccc(C)cc3)CC2)cc1F. The largest absolute Gasteiger partial charge is 0.494 e. The van der Waals surface area contributed by atoms with E-state index in [1.807, 2.05) is 25.1 Å². The number of amides is 1. The zero-order valence-electron chi connectivity index (χ0n) is 16.6. The number of methoxy groups -OCH3 is 1. The van der Waals surface area contributed by atoms with E-state index in [-0.39, 0.29) is 17.5 Å². The van der Waals surface area contributed by atoms with Crippen molar-refractivity contribution in [3.8, 4) is 5.75 Å². The molecule has 6 heteroatoms. The summed E-state index contributed by atoms with van der Waals surface area (Å²) in [5, 5.41) is 2.99. The minimum absolute atomic E-state index is 0.0475. The van der Waals surface area contributed by atoms with Crippen molar-refractivity contribution >= 4 is 5.91 Å². The van der Waals surface area contributed by atoms with Crippen LogP contribution in [-0.4, -0.2) is 55.5 Å². The van der Waals surface area contributed by atoms with Crippen LogP contribution >= 0.6 is 0 Å². The highest BCUT2D eigenvalue weighted by Crippen LogP contribution is 2.19. The Labute approximate surface area is 166 Å². The van der Waals surface area contributed by atoms with E-state index in [2.05, 4.69) is 27.2 Å². The van der Waals surface area contributed by atoms with Crippen LogP contribution in [0.3, 0.4) is 0 Å². The summed E-state index contributed by atoms with van der Waals surface area (Å²) in [6.45, 7) is 7.10. The summed E-state index contributed by atoms with van der Waals surface area (Å²) in [5.41, 5.74) is 3.25. The number of nitrogens with zero attached hydrogens (tertiary/aromatic N) is 2. The highest BCUT2D eigenvalue weighted by Gasteiger charge is 2.19. The Morgan fingerprint density at radius 3 is 2.32 bits per heavy atom. The molecule has 0 aromatic heterocycles. The minimum atomic E-state index is -0.330. The van der Waals surface area contributed by atoms with Gasteiger partial charge in [0.05, 0.1) is 13.7 Å². The Morgan fingerprint density at radius 2 is 1.68 bits per heavy atom. The van der Waals surface area contributed by atoms with Gasteiger partial charge in [-0.3, -0.25) is 14.6 Å². The molecule has 0 atom stereocenters. The van der Waals surface area contributed by atoms with Crippen molar-refractivity contribution in [1.82, 2.24) is 15.1 Å². The molecule has 5 nitrogen and oxygen atoms in total. The van der Waals surface area contributed by atoms with Crippen molar-refractivity contribution in [2.75, 3.05) is 39.8 Å². The van der Waals surface area contributed by atoms with Gasteiger partial charge >= 0.3 is 0 Å². The molecule has 1 saturated heterocycles. The fourth-order valence-corrected chi connectivity index (χ4v) is 3.34. The van der Waals surface area contributed by atoms with E-state index >= 15 is 0 Å². The number of carbonyl (C=O) groups excluding carboxylic acids is 1. The molecule has 0 spiro atoms. The lowest BCUT2D eigenvalue weighted by Gasteiger charge is -2.34. The lowest BCUT2D eigenvalue weighted by molar-refractivity contribution is -0.122. The van der Waals surface area contributed by atoms with Gasteiger partial charge in [0.15, 0.2) is 11.6 Å². The third kappa shape index (κ3) is 5.78. The molecule has 0 unspecified atom stereocenters. The quantitative estimate of drug-likeness (QED) is 0.796. The van der Waals surface area contributed by atoms with E-state index in [4.69, 9.17) is 4.74 Å². The fourth-order valence-electron chi connectivity index (χ4n) is 3.34. The number of piperazine rings is 1. The van der Waals surface area contributed by atoms with Gasteiger partial charge in [-0.15, -0.1) is 0 Å². The standard InChI is InChI=1S/C22H28FN3O2/c1-17-3-5-18(6-4-17)14-24-22(27)16-26-11-9-25(10-12-26)15-19-7-8-21(28-2)20(23)13-19/h3-8,13H,9-12,14-16H2,1-2H3,(H,24,27). The number of benzene rings is 2. The highest BCUT2D eigenvalue weighted by molar-refractivity contribution is 5.78. The first-order valence-electron chi connectivity index (χ1n) is 9.63. The van der Waals surface area contributed by atoms with E-state index in [0.29, 0.717) is 19.6 Å². The molecule has 1 aliphatic heterocycles. The zero-order valence-corrected chi connectivity index (χ0v) is 16.6. The molecule has 1 amide bonds. The lowest BCUT2D eigenvalue weighted by Crippen LogP contribution is -2.49. The van der Waals surface area contributed by atoms with E-state index in [1.54, 1.807) is 6.07 Å².